The van der Waals surface area contributed by atoms with Gasteiger partial charge >= 0.3 is 0 Å². The van der Waals surface area contributed by atoms with Crippen LogP contribution in [0.25, 0.3) is 0 Å². The summed E-state index contributed by atoms with van der Waals surface area (Å²) in [6.07, 6.45) is 0. The van der Waals surface area contributed by atoms with E-state index >= 15 is 0 Å². The third-order valence-corrected chi connectivity index (χ3v) is 5.90. The first-order chi connectivity index (χ1) is 14.3. The molecular weight excluding hydrogens is 420 g/mol. The number of carbonyl (C=O) groups is 1. The number of para-hydroxylation sites is 1. The number of amides is 1. The van der Waals surface area contributed by atoms with Crippen LogP contribution in [0.4, 0.5) is 5.69 Å². The van der Waals surface area contributed by atoms with Crippen molar-refractivity contribution in [3.05, 3.63) is 64.4 Å². The average Bonchev–Trinajstić information content (AvgIpc) is 3.06. The first-order valence-electron chi connectivity index (χ1n) is 9.64. The van der Waals surface area contributed by atoms with E-state index in [2.05, 4.69) is 41.5 Å². The fraction of sp³-hybridized carbons (Fsp3) is 0.318. The number of thioether (sulfide) groups is 1. The summed E-state index contributed by atoms with van der Waals surface area (Å²) in [5, 5.41) is 12.4. The molecule has 0 spiro atoms. The Morgan fingerprint density at radius 3 is 2.73 bits per heavy atom. The van der Waals surface area contributed by atoms with E-state index in [0.29, 0.717) is 34.2 Å². The third-order valence-electron chi connectivity index (χ3n) is 4.55. The molecular formula is C22H25ClN4O2S. The first kappa shape index (κ1) is 22.2. The van der Waals surface area contributed by atoms with Crippen molar-refractivity contribution in [2.24, 2.45) is 7.05 Å². The largest absolute Gasteiger partial charge is 0.485 e. The number of rotatable bonds is 8. The highest BCUT2D eigenvalue weighted by atomic mass is 35.5. The zero-order valence-corrected chi connectivity index (χ0v) is 19.0. The lowest BCUT2D eigenvalue weighted by Crippen LogP contribution is -2.14. The summed E-state index contributed by atoms with van der Waals surface area (Å²) in [7, 11) is 1.87. The fourth-order valence-electron chi connectivity index (χ4n) is 2.86. The Morgan fingerprint density at radius 1 is 1.23 bits per heavy atom. The molecule has 0 aliphatic heterocycles. The molecule has 6 nitrogen and oxygen atoms in total. The highest BCUT2D eigenvalue weighted by Crippen LogP contribution is 2.28. The standard InChI is InChI=1S/C22H25ClN4O2S/c1-14(2)16-10-9-15(3)11-19(16)29-12-20-25-26-22(27(20)4)30-13-21(28)24-18-8-6-5-7-17(18)23/h5-11,14H,12-13H2,1-4H3,(H,24,28). The third kappa shape index (κ3) is 5.55. The number of nitrogens with zero attached hydrogens (tertiary/aromatic N) is 3. The van der Waals surface area contributed by atoms with Gasteiger partial charge in [-0.05, 0) is 42.2 Å². The van der Waals surface area contributed by atoms with E-state index in [-0.39, 0.29) is 11.7 Å². The van der Waals surface area contributed by atoms with Crippen LogP contribution < -0.4 is 10.1 Å². The van der Waals surface area contributed by atoms with Crippen molar-refractivity contribution in [2.75, 3.05) is 11.1 Å². The predicted molar refractivity (Wildman–Crippen MR) is 121 cm³/mol. The monoisotopic (exact) mass is 444 g/mol. The van der Waals surface area contributed by atoms with Crippen molar-refractivity contribution in [3.8, 4) is 5.75 Å². The maximum Gasteiger partial charge on any atom is 0.234 e. The van der Waals surface area contributed by atoms with Gasteiger partial charge in [0.2, 0.25) is 5.91 Å². The van der Waals surface area contributed by atoms with Gasteiger partial charge in [0.1, 0.15) is 12.4 Å². The molecule has 0 aliphatic rings. The molecule has 30 heavy (non-hydrogen) atoms. The second-order valence-corrected chi connectivity index (χ2v) is 8.61. The Labute approximate surface area is 186 Å². The van der Waals surface area contributed by atoms with Crippen LogP contribution in [-0.2, 0) is 18.4 Å². The van der Waals surface area contributed by atoms with Crippen molar-refractivity contribution < 1.29 is 9.53 Å². The quantitative estimate of drug-likeness (QED) is 0.483. The van der Waals surface area contributed by atoms with Crippen LogP contribution in [0.3, 0.4) is 0 Å². The minimum Gasteiger partial charge on any atom is -0.485 e. The van der Waals surface area contributed by atoms with Gasteiger partial charge < -0.3 is 14.6 Å². The highest BCUT2D eigenvalue weighted by molar-refractivity contribution is 7.99. The van der Waals surface area contributed by atoms with Gasteiger partial charge in [-0.1, -0.05) is 61.5 Å². The van der Waals surface area contributed by atoms with Crippen molar-refractivity contribution in [1.82, 2.24) is 14.8 Å². The summed E-state index contributed by atoms with van der Waals surface area (Å²) in [5.41, 5.74) is 2.90. The molecule has 0 radical (unpaired) electrons. The van der Waals surface area contributed by atoms with Crippen LogP contribution in [-0.4, -0.2) is 26.4 Å². The summed E-state index contributed by atoms with van der Waals surface area (Å²) >= 11 is 7.39. The number of ether oxygens (including phenoxy) is 1. The molecule has 3 rings (SSSR count). The number of benzene rings is 2. The maximum atomic E-state index is 12.2. The Kier molecular flexibility index (Phi) is 7.39. The Balaban J connectivity index is 1.59. The van der Waals surface area contributed by atoms with Gasteiger partial charge in [0, 0.05) is 7.05 Å². The van der Waals surface area contributed by atoms with E-state index < -0.39 is 0 Å². The molecule has 8 heteroatoms. The van der Waals surface area contributed by atoms with Gasteiger partial charge in [0.05, 0.1) is 16.5 Å². The van der Waals surface area contributed by atoms with E-state index in [1.807, 2.05) is 36.7 Å². The summed E-state index contributed by atoms with van der Waals surface area (Å²) in [5.74, 6) is 1.97. The molecule has 1 N–H and O–H groups in total. The van der Waals surface area contributed by atoms with Gasteiger partial charge in [0.15, 0.2) is 11.0 Å². The minimum atomic E-state index is -0.157. The van der Waals surface area contributed by atoms with E-state index in [1.165, 1.54) is 11.8 Å². The van der Waals surface area contributed by atoms with E-state index in [0.717, 1.165) is 16.9 Å². The van der Waals surface area contributed by atoms with Crippen molar-refractivity contribution >= 4 is 35.0 Å². The molecule has 0 aliphatic carbocycles. The second-order valence-electron chi connectivity index (χ2n) is 7.26. The van der Waals surface area contributed by atoms with E-state index in [9.17, 15) is 4.79 Å². The number of anilines is 1. The number of carbonyl (C=O) groups excluding carboxylic acids is 1. The van der Waals surface area contributed by atoms with Crippen LogP contribution in [0.1, 0.15) is 36.7 Å². The zero-order valence-electron chi connectivity index (χ0n) is 17.5. The molecule has 0 atom stereocenters. The van der Waals surface area contributed by atoms with Crippen LogP contribution in [0.5, 0.6) is 5.75 Å². The number of aromatic nitrogens is 3. The number of hydrogen-bond acceptors (Lipinski definition) is 5. The molecule has 1 aromatic heterocycles. The van der Waals surface area contributed by atoms with Crippen LogP contribution in [0.15, 0.2) is 47.6 Å². The van der Waals surface area contributed by atoms with Gasteiger partial charge in [-0.2, -0.15) is 0 Å². The van der Waals surface area contributed by atoms with Crippen LogP contribution in [0.2, 0.25) is 5.02 Å². The number of hydrogen-bond donors (Lipinski definition) is 1. The first-order valence-corrected chi connectivity index (χ1v) is 11.0. The van der Waals surface area contributed by atoms with Crippen LogP contribution in [0, 0.1) is 6.92 Å². The summed E-state index contributed by atoms with van der Waals surface area (Å²) in [6.45, 7) is 6.63. The van der Waals surface area contributed by atoms with Gasteiger partial charge in [0.25, 0.3) is 0 Å². The van der Waals surface area contributed by atoms with Gasteiger partial charge in [-0.15, -0.1) is 10.2 Å². The Hall–Kier alpha value is -2.51. The molecule has 1 heterocycles. The Morgan fingerprint density at radius 2 is 2.00 bits per heavy atom. The molecule has 158 valence electrons. The topological polar surface area (TPSA) is 69.0 Å². The molecule has 1 amide bonds. The molecule has 0 saturated carbocycles. The predicted octanol–water partition coefficient (Wildman–Crippen LogP) is 5.21. The molecule has 0 saturated heterocycles. The zero-order chi connectivity index (χ0) is 21.7. The molecule has 3 aromatic rings. The van der Waals surface area contributed by atoms with Crippen molar-refractivity contribution in [3.63, 3.8) is 0 Å². The van der Waals surface area contributed by atoms with Crippen molar-refractivity contribution in [1.29, 1.82) is 0 Å². The normalized spacial score (nSPS) is 11.0. The summed E-state index contributed by atoms with van der Waals surface area (Å²) < 4.78 is 7.90. The Bertz CT molecular complexity index is 1040. The lowest BCUT2D eigenvalue weighted by Gasteiger charge is -2.14. The number of nitrogens with one attached hydrogen (secondary N) is 1. The molecule has 2 aromatic carbocycles. The molecule has 0 bridgehead atoms. The van der Waals surface area contributed by atoms with Gasteiger partial charge in [-0.25, -0.2) is 0 Å². The number of aryl methyl sites for hydroxylation is 1. The second kappa shape index (κ2) is 10.00. The van der Waals surface area contributed by atoms with E-state index in [4.69, 9.17) is 16.3 Å². The smallest absolute Gasteiger partial charge is 0.234 e. The average molecular weight is 445 g/mol. The SMILES string of the molecule is Cc1ccc(C(C)C)c(OCc2nnc(SCC(=O)Nc3ccccc3Cl)n2C)c1. The van der Waals surface area contributed by atoms with Gasteiger partial charge in [-0.3, -0.25) is 4.79 Å². The van der Waals surface area contributed by atoms with Crippen LogP contribution >= 0.6 is 23.4 Å². The maximum absolute atomic E-state index is 12.2. The minimum absolute atomic E-state index is 0.157. The molecule has 0 fully saturated rings. The lowest BCUT2D eigenvalue weighted by atomic mass is 10.0. The molecule has 0 unspecified atom stereocenters. The summed E-state index contributed by atoms with van der Waals surface area (Å²) in [6, 6.07) is 13.4. The number of halogens is 1. The highest BCUT2D eigenvalue weighted by Gasteiger charge is 2.14. The lowest BCUT2D eigenvalue weighted by molar-refractivity contribution is -0.113. The fourth-order valence-corrected chi connectivity index (χ4v) is 3.77. The summed E-state index contributed by atoms with van der Waals surface area (Å²) in [4.78, 5) is 12.2. The van der Waals surface area contributed by atoms with E-state index in [1.54, 1.807) is 12.1 Å². The van der Waals surface area contributed by atoms with Crippen molar-refractivity contribution in [2.45, 2.75) is 38.5 Å².